The second kappa shape index (κ2) is 8.33. The van der Waals surface area contributed by atoms with Crippen LogP contribution in [0.25, 0.3) is 0 Å². The second-order valence-corrected chi connectivity index (χ2v) is 13.5. The highest BCUT2D eigenvalue weighted by Crippen LogP contribution is 2.60. The number of aliphatic hydroxyl groups is 1. The number of ether oxygens (including phenoxy) is 1. The molecule has 1 saturated heterocycles. The summed E-state index contributed by atoms with van der Waals surface area (Å²) >= 11 is 0. The van der Waals surface area contributed by atoms with Crippen LogP contribution >= 0.6 is 0 Å². The summed E-state index contributed by atoms with van der Waals surface area (Å²) < 4.78 is 6.55. The fraction of sp³-hybridized carbons (Fsp3) is 0.833. The maximum Gasteiger partial charge on any atom is 0.164 e. The molecule has 1 heterocycles. The van der Waals surface area contributed by atoms with Crippen LogP contribution in [0.5, 0.6) is 0 Å². The fourth-order valence-electron chi connectivity index (χ4n) is 8.46. The van der Waals surface area contributed by atoms with E-state index in [-0.39, 0.29) is 34.2 Å². The molecule has 0 aromatic heterocycles. The smallest absolute Gasteiger partial charge is 0.164 e. The predicted octanol–water partition coefficient (Wildman–Crippen LogP) is 7.04. The molecule has 1 N–H and O–H groups in total. The highest BCUT2D eigenvalue weighted by molar-refractivity contribution is 5.86. The van der Waals surface area contributed by atoms with Crippen LogP contribution in [-0.2, 0) is 9.53 Å². The molecule has 3 heteroatoms. The first-order valence-corrected chi connectivity index (χ1v) is 13.5. The topological polar surface area (TPSA) is 46.5 Å². The monoisotopic (exact) mass is 456 g/mol. The van der Waals surface area contributed by atoms with Crippen LogP contribution in [0.3, 0.4) is 0 Å². The molecule has 0 unspecified atom stereocenters. The van der Waals surface area contributed by atoms with Crippen molar-refractivity contribution in [3.05, 3.63) is 23.3 Å². The molecule has 0 radical (unpaired) electrons. The van der Waals surface area contributed by atoms with Gasteiger partial charge in [-0.15, -0.1) is 0 Å². The van der Waals surface area contributed by atoms with Gasteiger partial charge in [-0.2, -0.15) is 0 Å². The van der Waals surface area contributed by atoms with E-state index in [4.69, 9.17) is 4.74 Å². The lowest BCUT2D eigenvalue weighted by atomic mass is 9.50. The second-order valence-electron chi connectivity index (χ2n) is 13.5. The molecule has 7 atom stereocenters. The third kappa shape index (κ3) is 3.99. The molecule has 33 heavy (non-hydrogen) atoms. The minimum Gasteiger partial charge on any atom is -0.393 e. The molecule has 1 aliphatic heterocycles. The van der Waals surface area contributed by atoms with Crippen molar-refractivity contribution in [2.75, 3.05) is 0 Å². The largest absolute Gasteiger partial charge is 0.393 e. The van der Waals surface area contributed by atoms with Crippen molar-refractivity contribution in [1.29, 1.82) is 0 Å². The first-order chi connectivity index (χ1) is 15.2. The normalized spacial score (nSPS) is 44.8. The SMILES string of the molecule is CC1=C(CC[C@H]2[C@@H](C)CC[C@H]3OC(C)(C)C(=O)CC[C@@]32C)[C@]2(C)CC[C@@H](O)C(C)(C)[C@H]2C=C1. The van der Waals surface area contributed by atoms with Gasteiger partial charge in [-0.25, -0.2) is 0 Å². The molecule has 0 bridgehead atoms. The van der Waals surface area contributed by atoms with E-state index in [0.717, 1.165) is 38.5 Å². The summed E-state index contributed by atoms with van der Waals surface area (Å²) in [5.41, 5.74) is 2.46. The molecule has 0 aromatic rings. The van der Waals surface area contributed by atoms with Crippen LogP contribution in [0.2, 0.25) is 0 Å². The van der Waals surface area contributed by atoms with E-state index in [2.05, 4.69) is 53.7 Å². The zero-order valence-corrected chi connectivity index (χ0v) is 22.5. The van der Waals surface area contributed by atoms with E-state index < -0.39 is 5.60 Å². The van der Waals surface area contributed by atoms with Crippen LogP contribution < -0.4 is 0 Å². The molecule has 3 nitrogen and oxygen atoms in total. The minimum absolute atomic E-state index is 0.0579. The van der Waals surface area contributed by atoms with Crippen molar-refractivity contribution in [3.8, 4) is 0 Å². The van der Waals surface area contributed by atoms with Crippen molar-refractivity contribution in [2.45, 2.75) is 125 Å². The lowest BCUT2D eigenvalue weighted by Crippen LogP contribution is -2.51. The van der Waals surface area contributed by atoms with Gasteiger partial charge in [0.1, 0.15) is 5.60 Å². The Morgan fingerprint density at radius 3 is 2.45 bits per heavy atom. The number of rotatable bonds is 3. The van der Waals surface area contributed by atoms with E-state index in [9.17, 15) is 9.90 Å². The van der Waals surface area contributed by atoms with E-state index in [1.165, 1.54) is 12.0 Å². The zero-order valence-electron chi connectivity index (χ0n) is 22.5. The third-order valence-corrected chi connectivity index (χ3v) is 10.8. The zero-order chi connectivity index (χ0) is 24.4. The first-order valence-electron chi connectivity index (χ1n) is 13.5. The Kier molecular flexibility index (Phi) is 6.35. The lowest BCUT2D eigenvalue weighted by molar-refractivity contribution is -0.166. The van der Waals surface area contributed by atoms with Crippen molar-refractivity contribution < 1.29 is 14.6 Å². The van der Waals surface area contributed by atoms with Gasteiger partial charge in [-0.05, 0) is 99.7 Å². The fourth-order valence-corrected chi connectivity index (χ4v) is 8.46. The van der Waals surface area contributed by atoms with E-state index in [1.807, 2.05) is 13.8 Å². The van der Waals surface area contributed by atoms with Crippen LogP contribution in [0.15, 0.2) is 23.3 Å². The van der Waals surface area contributed by atoms with Gasteiger partial charge in [0.25, 0.3) is 0 Å². The molecule has 0 aromatic carbocycles. The van der Waals surface area contributed by atoms with Crippen LogP contribution in [0.4, 0.5) is 0 Å². The summed E-state index contributed by atoms with van der Waals surface area (Å²) in [6.07, 6.45) is 12.7. The Hall–Kier alpha value is -0.930. The summed E-state index contributed by atoms with van der Waals surface area (Å²) in [4.78, 5) is 12.8. The number of Topliss-reactive ketones (excluding diaryl/α,β-unsaturated/α-hetero) is 1. The number of ketones is 1. The van der Waals surface area contributed by atoms with Gasteiger partial charge in [0, 0.05) is 6.42 Å². The van der Waals surface area contributed by atoms with Crippen molar-refractivity contribution >= 4 is 5.78 Å². The number of fused-ring (bicyclic) bond motifs is 2. The lowest BCUT2D eigenvalue weighted by Gasteiger charge is -2.55. The number of carbonyl (C=O) groups is 1. The maximum absolute atomic E-state index is 12.8. The minimum atomic E-state index is -0.657. The molecular formula is C30H48O3. The molecule has 3 aliphatic carbocycles. The number of aliphatic hydroxyl groups excluding tert-OH is 1. The molecular weight excluding hydrogens is 408 g/mol. The molecule has 2 saturated carbocycles. The molecule has 0 spiro atoms. The summed E-state index contributed by atoms with van der Waals surface area (Å²) in [6.45, 7) is 18.0. The number of hydrogen-bond acceptors (Lipinski definition) is 3. The van der Waals surface area contributed by atoms with E-state index in [1.54, 1.807) is 5.57 Å². The highest BCUT2D eigenvalue weighted by atomic mass is 16.5. The van der Waals surface area contributed by atoms with Crippen molar-refractivity contribution in [1.82, 2.24) is 0 Å². The molecule has 3 fully saturated rings. The Morgan fingerprint density at radius 2 is 1.76 bits per heavy atom. The predicted molar refractivity (Wildman–Crippen MR) is 135 cm³/mol. The Balaban J connectivity index is 1.60. The van der Waals surface area contributed by atoms with Gasteiger partial charge in [0.05, 0.1) is 12.2 Å². The van der Waals surface area contributed by atoms with Gasteiger partial charge in [0.2, 0.25) is 0 Å². The summed E-state index contributed by atoms with van der Waals surface area (Å²) in [5, 5.41) is 10.8. The van der Waals surface area contributed by atoms with Crippen molar-refractivity contribution in [3.63, 3.8) is 0 Å². The van der Waals surface area contributed by atoms with Crippen molar-refractivity contribution in [2.24, 2.45) is 34.0 Å². The van der Waals surface area contributed by atoms with Gasteiger partial charge >= 0.3 is 0 Å². The summed E-state index contributed by atoms with van der Waals surface area (Å²) in [6, 6.07) is 0. The van der Waals surface area contributed by atoms with E-state index >= 15 is 0 Å². The number of allylic oxidation sites excluding steroid dienone is 4. The Morgan fingerprint density at radius 1 is 1.06 bits per heavy atom. The summed E-state index contributed by atoms with van der Waals surface area (Å²) in [7, 11) is 0. The van der Waals surface area contributed by atoms with Gasteiger partial charge in [-0.1, -0.05) is 57.9 Å². The summed E-state index contributed by atoms with van der Waals surface area (Å²) in [5.74, 6) is 1.85. The molecule has 4 rings (SSSR count). The average Bonchev–Trinajstić information content (AvgIpc) is 2.81. The quantitative estimate of drug-likeness (QED) is 0.495. The Bertz CT molecular complexity index is 849. The maximum atomic E-state index is 12.8. The first kappa shape index (κ1) is 25.2. The Labute approximate surface area is 202 Å². The van der Waals surface area contributed by atoms with Crippen LogP contribution in [0.1, 0.15) is 107 Å². The molecule has 4 aliphatic rings. The third-order valence-electron chi connectivity index (χ3n) is 10.8. The van der Waals surface area contributed by atoms with Crippen LogP contribution in [0, 0.1) is 34.0 Å². The van der Waals surface area contributed by atoms with Gasteiger partial charge < -0.3 is 9.84 Å². The standard InChI is InChI=1S/C30H48O3/c1-19-9-13-23-27(3,4)24(31)15-17-29(23,7)21(19)11-12-22-20(2)10-14-26-30(22,8)18-16-25(32)28(5,6)33-26/h9,13,20,22-24,26,31H,10-12,14-18H2,1-8H3/t20-,22-,23+,24+,26+,29-,30+/m0/s1. The van der Waals surface area contributed by atoms with E-state index in [0.29, 0.717) is 24.2 Å². The average molecular weight is 457 g/mol. The molecule has 186 valence electrons. The van der Waals surface area contributed by atoms with Gasteiger partial charge in [0.15, 0.2) is 5.78 Å². The van der Waals surface area contributed by atoms with Gasteiger partial charge in [-0.3, -0.25) is 4.79 Å². The number of carbonyl (C=O) groups excluding carboxylic acids is 1. The highest BCUT2D eigenvalue weighted by Gasteiger charge is 2.54. The van der Waals surface area contributed by atoms with Crippen LogP contribution in [-0.4, -0.2) is 28.7 Å². The molecule has 0 amide bonds. The number of hydrogen-bond donors (Lipinski definition) is 1.